The predicted molar refractivity (Wildman–Crippen MR) is 101 cm³/mol. The summed E-state index contributed by atoms with van der Waals surface area (Å²) in [4.78, 5) is 22.8. The summed E-state index contributed by atoms with van der Waals surface area (Å²) < 4.78 is 5.96. The lowest BCUT2D eigenvalue weighted by Crippen LogP contribution is -2.44. The summed E-state index contributed by atoms with van der Waals surface area (Å²) in [6.07, 6.45) is 7.29. The van der Waals surface area contributed by atoms with Crippen molar-refractivity contribution in [2.75, 3.05) is 13.1 Å². The molecule has 0 saturated carbocycles. The Morgan fingerprint density at radius 1 is 1.23 bits per heavy atom. The van der Waals surface area contributed by atoms with Crippen molar-refractivity contribution in [1.29, 1.82) is 0 Å². The monoisotopic (exact) mass is 353 g/mol. The third-order valence-corrected chi connectivity index (χ3v) is 4.72. The molecule has 138 valence electrons. The zero-order valence-corrected chi connectivity index (χ0v) is 15.4. The van der Waals surface area contributed by atoms with Gasteiger partial charge in [-0.2, -0.15) is 4.98 Å². The normalized spacial score (nSPS) is 17.1. The zero-order valence-electron chi connectivity index (χ0n) is 15.4. The molecule has 1 aromatic carbocycles. The minimum atomic E-state index is 0.0197. The average molecular weight is 353 g/mol. The Kier molecular flexibility index (Phi) is 6.58. The standard InChI is InChI=1S/C21H27N3O2/c1-17-22-14-13-20(23-17)26-19-11-7-15-24(16-19)21(25)12-6-5-10-18-8-3-2-4-9-18/h2-4,8-9,13-14,19H,5-7,10-12,15-16H2,1H3. The summed E-state index contributed by atoms with van der Waals surface area (Å²) in [6.45, 7) is 3.33. The van der Waals surface area contributed by atoms with Crippen LogP contribution in [0.15, 0.2) is 42.6 Å². The number of amides is 1. The van der Waals surface area contributed by atoms with Crippen LogP contribution in [-0.2, 0) is 11.2 Å². The maximum Gasteiger partial charge on any atom is 0.222 e. The third-order valence-electron chi connectivity index (χ3n) is 4.72. The number of aromatic nitrogens is 2. The maximum atomic E-state index is 12.5. The van der Waals surface area contributed by atoms with E-state index in [4.69, 9.17) is 4.74 Å². The lowest BCUT2D eigenvalue weighted by Gasteiger charge is -2.32. The summed E-state index contributed by atoms with van der Waals surface area (Å²) in [5.74, 6) is 1.54. The molecule has 1 atom stereocenters. The number of ether oxygens (including phenoxy) is 1. The molecule has 5 heteroatoms. The molecule has 1 fully saturated rings. The molecule has 0 aliphatic carbocycles. The maximum absolute atomic E-state index is 12.5. The van der Waals surface area contributed by atoms with Crippen molar-refractivity contribution in [2.45, 2.75) is 51.6 Å². The lowest BCUT2D eigenvalue weighted by atomic mass is 10.1. The number of rotatable bonds is 7. The fraction of sp³-hybridized carbons (Fsp3) is 0.476. The fourth-order valence-electron chi connectivity index (χ4n) is 3.34. The highest BCUT2D eigenvalue weighted by atomic mass is 16.5. The number of benzene rings is 1. The van der Waals surface area contributed by atoms with Crippen LogP contribution in [0.4, 0.5) is 0 Å². The molecule has 1 saturated heterocycles. The summed E-state index contributed by atoms with van der Waals surface area (Å²) in [7, 11) is 0. The van der Waals surface area contributed by atoms with Gasteiger partial charge in [0, 0.05) is 25.2 Å². The van der Waals surface area contributed by atoms with Gasteiger partial charge < -0.3 is 9.64 Å². The minimum absolute atomic E-state index is 0.0197. The van der Waals surface area contributed by atoms with E-state index in [1.807, 2.05) is 17.9 Å². The Morgan fingerprint density at radius 2 is 2.08 bits per heavy atom. The number of piperidine rings is 1. The third kappa shape index (κ3) is 5.55. The van der Waals surface area contributed by atoms with Crippen molar-refractivity contribution in [3.05, 3.63) is 54.0 Å². The second kappa shape index (κ2) is 9.32. The van der Waals surface area contributed by atoms with Crippen LogP contribution in [0.2, 0.25) is 0 Å². The Morgan fingerprint density at radius 3 is 2.88 bits per heavy atom. The second-order valence-corrected chi connectivity index (χ2v) is 6.86. The van der Waals surface area contributed by atoms with E-state index in [9.17, 15) is 4.79 Å². The van der Waals surface area contributed by atoms with Crippen molar-refractivity contribution in [1.82, 2.24) is 14.9 Å². The van der Waals surface area contributed by atoms with Crippen LogP contribution in [0.1, 0.15) is 43.5 Å². The molecule has 5 nitrogen and oxygen atoms in total. The first-order chi connectivity index (χ1) is 12.7. The van der Waals surface area contributed by atoms with Crippen molar-refractivity contribution in [3.8, 4) is 5.88 Å². The van der Waals surface area contributed by atoms with Gasteiger partial charge in [0.2, 0.25) is 11.8 Å². The van der Waals surface area contributed by atoms with E-state index >= 15 is 0 Å². The Bertz CT molecular complexity index is 705. The minimum Gasteiger partial charge on any atom is -0.472 e. The zero-order chi connectivity index (χ0) is 18.2. The first-order valence-corrected chi connectivity index (χ1v) is 9.49. The average Bonchev–Trinajstić information content (AvgIpc) is 2.66. The van der Waals surface area contributed by atoms with E-state index < -0.39 is 0 Å². The molecular formula is C21H27N3O2. The number of hydrogen-bond acceptors (Lipinski definition) is 4. The molecule has 0 spiro atoms. The fourth-order valence-corrected chi connectivity index (χ4v) is 3.34. The summed E-state index contributed by atoms with van der Waals surface area (Å²) in [6, 6.07) is 12.2. The SMILES string of the molecule is Cc1nccc(OC2CCCN(C(=O)CCCCc3ccccc3)C2)n1. The van der Waals surface area contributed by atoms with Crippen molar-refractivity contribution in [3.63, 3.8) is 0 Å². The summed E-state index contributed by atoms with van der Waals surface area (Å²) >= 11 is 0. The van der Waals surface area contributed by atoms with E-state index in [1.165, 1.54) is 5.56 Å². The number of aryl methyl sites for hydroxylation is 2. The highest BCUT2D eigenvalue weighted by Gasteiger charge is 2.24. The summed E-state index contributed by atoms with van der Waals surface area (Å²) in [5, 5.41) is 0. The first-order valence-electron chi connectivity index (χ1n) is 9.49. The van der Waals surface area contributed by atoms with Crippen LogP contribution in [0, 0.1) is 6.92 Å². The van der Waals surface area contributed by atoms with Crippen LogP contribution in [0.25, 0.3) is 0 Å². The topological polar surface area (TPSA) is 55.3 Å². The van der Waals surface area contributed by atoms with Gasteiger partial charge in [0.05, 0.1) is 6.54 Å². The van der Waals surface area contributed by atoms with Crippen LogP contribution in [0.3, 0.4) is 0 Å². The van der Waals surface area contributed by atoms with Gasteiger partial charge in [-0.25, -0.2) is 4.98 Å². The number of hydrogen-bond donors (Lipinski definition) is 0. The number of nitrogens with zero attached hydrogens (tertiary/aromatic N) is 3. The molecule has 1 aliphatic heterocycles. The number of likely N-dealkylation sites (tertiary alicyclic amines) is 1. The van der Waals surface area contributed by atoms with Crippen LogP contribution in [-0.4, -0.2) is 40.0 Å². The van der Waals surface area contributed by atoms with Crippen LogP contribution >= 0.6 is 0 Å². The molecule has 0 N–H and O–H groups in total. The predicted octanol–water partition coefficient (Wildman–Crippen LogP) is 3.57. The molecule has 2 heterocycles. The van der Waals surface area contributed by atoms with Crippen molar-refractivity contribution in [2.24, 2.45) is 0 Å². The van der Waals surface area contributed by atoms with Crippen LogP contribution in [0.5, 0.6) is 5.88 Å². The van der Waals surface area contributed by atoms with Gasteiger partial charge in [-0.1, -0.05) is 30.3 Å². The molecule has 26 heavy (non-hydrogen) atoms. The lowest BCUT2D eigenvalue weighted by molar-refractivity contribution is -0.134. The smallest absolute Gasteiger partial charge is 0.222 e. The quantitative estimate of drug-likeness (QED) is 0.714. The molecule has 1 aliphatic rings. The van der Waals surface area contributed by atoms with Gasteiger partial charge in [0.15, 0.2) is 0 Å². The van der Waals surface area contributed by atoms with Gasteiger partial charge in [-0.3, -0.25) is 4.79 Å². The molecule has 1 amide bonds. The molecule has 0 radical (unpaired) electrons. The van der Waals surface area contributed by atoms with Gasteiger partial charge in [0.1, 0.15) is 11.9 Å². The van der Waals surface area contributed by atoms with Crippen molar-refractivity contribution < 1.29 is 9.53 Å². The molecular weight excluding hydrogens is 326 g/mol. The molecule has 0 bridgehead atoms. The van der Waals surface area contributed by atoms with Crippen LogP contribution < -0.4 is 4.74 Å². The molecule has 2 aromatic rings. The molecule has 1 aromatic heterocycles. The van der Waals surface area contributed by atoms with Gasteiger partial charge in [-0.15, -0.1) is 0 Å². The number of carbonyl (C=O) groups is 1. The van der Waals surface area contributed by atoms with Gasteiger partial charge in [-0.05, 0) is 44.6 Å². The largest absolute Gasteiger partial charge is 0.472 e. The number of unbranched alkanes of at least 4 members (excludes halogenated alkanes) is 1. The Hall–Kier alpha value is -2.43. The second-order valence-electron chi connectivity index (χ2n) is 6.86. The molecule has 1 unspecified atom stereocenters. The van der Waals surface area contributed by atoms with E-state index in [2.05, 4.69) is 34.2 Å². The van der Waals surface area contributed by atoms with Crippen molar-refractivity contribution >= 4 is 5.91 Å². The van der Waals surface area contributed by atoms with Gasteiger partial charge >= 0.3 is 0 Å². The molecule has 3 rings (SSSR count). The van der Waals surface area contributed by atoms with Gasteiger partial charge in [0.25, 0.3) is 0 Å². The Labute approximate surface area is 155 Å². The van der Waals surface area contributed by atoms with E-state index in [1.54, 1.807) is 12.3 Å². The van der Waals surface area contributed by atoms with E-state index in [-0.39, 0.29) is 12.0 Å². The summed E-state index contributed by atoms with van der Waals surface area (Å²) in [5.41, 5.74) is 1.34. The number of carbonyl (C=O) groups excluding carboxylic acids is 1. The highest BCUT2D eigenvalue weighted by molar-refractivity contribution is 5.76. The highest BCUT2D eigenvalue weighted by Crippen LogP contribution is 2.18. The Balaban J connectivity index is 1.41. The van der Waals surface area contributed by atoms with E-state index in [0.29, 0.717) is 24.7 Å². The first kappa shape index (κ1) is 18.4. The van der Waals surface area contributed by atoms with E-state index in [0.717, 1.165) is 38.6 Å².